The van der Waals surface area contributed by atoms with Crippen molar-refractivity contribution in [2.24, 2.45) is 0 Å². The quantitative estimate of drug-likeness (QED) is 0.502. The van der Waals surface area contributed by atoms with Crippen LogP contribution in [0.15, 0.2) is 40.0 Å². The largest absolute Gasteiger partial charge is 0.354 e. The third-order valence-electron chi connectivity index (χ3n) is 4.82. The van der Waals surface area contributed by atoms with E-state index < -0.39 is 0 Å². The van der Waals surface area contributed by atoms with Gasteiger partial charge in [0.05, 0.1) is 15.5 Å². The van der Waals surface area contributed by atoms with E-state index in [-0.39, 0.29) is 5.38 Å². The topological polar surface area (TPSA) is 78.5 Å². The van der Waals surface area contributed by atoms with Gasteiger partial charge in [-0.3, -0.25) is 5.10 Å². The van der Waals surface area contributed by atoms with Crippen molar-refractivity contribution in [3.8, 4) is 0 Å². The molecule has 2 aliphatic rings. The monoisotopic (exact) mass is 448 g/mol. The standard InChI is InChI=1S/C19H22BrClN6/c1-11-8-14(21)5-4-12(11)6-7-22-19-23-10-15(20)18(25-19)24-17-9-16(26-27-17)13-2-3-13/h4-5,9-10,13-14H,2-3,6-8H2,1H3,(H3,22,23,24,25,26,27). The maximum Gasteiger partial charge on any atom is 0.224 e. The molecule has 1 fully saturated rings. The molecule has 0 aromatic carbocycles. The normalized spacial score (nSPS) is 19.4. The zero-order valence-corrected chi connectivity index (χ0v) is 17.4. The lowest BCUT2D eigenvalue weighted by Crippen LogP contribution is -2.10. The first-order chi connectivity index (χ1) is 13.1. The highest BCUT2D eigenvalue weighted by Gasteiger charge is 2.26. The fraction of sp³-hybridized carbons (Fsp3) is 0.421. The fourth-order valence-electron chi connectivity index (χ4n) is 3.12. The molecule has 4 rings (SSSR count). The average Bonchev–Trinajstić information content (AvgIpc) is 3.39. The van der Waals surface area contributed by atoms with E-state index in [1.54, 1.807) is 6.20 Å². The van der Waals surface area contributed by atoms with Crippen LogP contribution >= 0.6 is 27.5 Å². The minimum atomic E-state index is 0.119. The van der Waals surface area contributed by atoms with Crippen LogP contribution in [0, 0.1) is 0 Å². The summed E-state index contributed by atoms with van der Waals surface area (Å²) in [4.78, 5) is 8.92. The lowest BCUT2D eigenvalue weighted by molar-refractivity contribution is 0.894. The SMILES string of the molecule is CC1=C(CCNc2ncc(Br)c(Nc3cc(C4CC4)n[nH]3)n2)C=CC(Cl)C1. The van der Waals surface area contributed by atoms with Gasteiger partial charge in [0.1, 0.15) is 5.82 Å². The molecule has 27 heavy (non-hydrogen) atoms. The molecule has 3 N–H and O–H groups in total. The second-order valence-electron chi connectivity index (χ2n) is 7.06. The summed E-state index contributed by atoms with van der Waals surface area (Å²) in [6.45, 7) is 2.91. The summed E-state index contributed by atoms with van der Waals surface area (Å²) in [6, 6.07) is 2.05. The van der Waals surface area contributed by atoms with Gasteiger partial charge in [0.25, 0.3) is 0 Å². The third kappa shape index (κ3) is 4.71. The Morgan fingerprint density at radius 3 is 3.00 bits per heavy atom. The number of hydrogen-bond donors (Lipinski definition) is 3. The molecular formula is C19H22BrClN6. The van der Waals surface area contributed by atoms with Crippen molar-refractivity contribution in [2.45, 2.75) is 43.9 Å². The lowest BCUT2D eigenvalue weighted by atomic mass is 9.96. The van der Waals surface area contributed by atoms with E-state index in [9.17, 15) is 0 Å². The highest BCUT2D eigenvalue weighted by molar-refractivity contribution is 9.10. The van der Waals surface area contributed by atoms with Crippen LogP contribution in [-0.4, -0.2) is 32.1 Å². The highest BCUT2D eigenvalue weighted by atomic mass is 79.9. The number of anilines is 3. The molecule has 2 aliphatic carbocycles. The number of allylic oxidation sites excluding steroid dienone is 3. The molecular weight excluding hydrogens is 428 g/mol. The van der Waals surface area contributed by atoms with Crippen LogP contribution in [0.2, 0.25) is 0 Å². The maximum absolute atomic E-state index is 6.15. The van der Waals surface area contributed by atoms with E-state index in [0.29, 0.717) is 17.7 Å². The van der Waals surface area contributed by atoms with Crippen molar-refractivity contribution in [1.82, 2.24) is 20.2 Å². The molecule has 2 heterocycles. The van der Waals surface area contributed by atoms with Crippen molar-refractivity contribution >= 4 is 45.1 Å². The van der Waals surface area contributed by atoms with Crippen LogP contribution in [0.5, 0.6) is 0 Å². The van der Waals surface area contributed by atoms with E-state index in [1.807, 2.05) is 6.07 Å². The number of hydrogen-bond acceptors (Lipinski definition) is 5. The summed E-state index contributed by atoms with van der Waals surface area (Å²) in [5, 5.41) is 14.1. The number of rotatable bonds is 7. The summed E-state index contributed by atoms with van der Waals surface area (Å²) < 4.78 is 0.803. The fourth-order valence-corrected chi connectivity index (χ4v) is 3.71. The van der Waals surface area contributed by atoms with Crippen LogP contribution in [0.4, 0.5) is 17.6 Å². The Kier molecular flexibility index (Phi) is 5.50. The van der Waals surface area contributed by atoms with Crippen molar-refractivity contribution in [1.29, 1.82) is 0 Å². The molecule has 0 amide bonds. The van der Waals surface area contributed by atoms with Crippen molar-refractivity contribution in [2.75, 3.05) is 17.2 Å². The summed E-state index contributed by atoms with van der Waals surface area (Å²) in [6.07, 6.45) is 10.2. The second kappa shape index (κ2) is 8.02. The molecule has 0 radical (unpaired) electrons. The van der Waals surface area contributed by atoms with E-state index >= 15 is 0 Å². The molecule has 8 heteroatoms. The van der Waals surface area contributed by atoms with Crippen molar-refractivity contribution in [3.63, 3.8) is 0 Å². The van der Waals surface area contributed by atoms with Gasteiger partial charge in [-0.15, -0.1) is 11.6 Å². The summed E-state index contributed by atoms with van der Waals surface area (Å²) in [5.74, 6) is 2.75. The van der Waals surface area contributed by atoms with Gasteiger partial charge in [0.2, 0.25) is 5.95 Å². The maximum atomic E-state index is 6.15. The molecule has 0 spiro atoms. The van der Waals surface area contributed by atoms with Crippen molar-refractivity contribution in [3.05, 3.63) is 45.7 Å². The highest BCUT2D eigenvalue weighted by Crippen LogP contribution is 2.39. The van der Waals surface area contributed by atoms with E-state index in [1.165, 1.54) is 24.0 Å². The van der Waals surface area contributed by atoms with Gasteiger partial charge in [-0.1, -0.05) is 17.7 Å². The molecule has 6 nitrogen and oxygen atoms in total. The zero-order valence-electron chi connectivity index (χ0n) is 15.1. The Bertz CT molecular complexity index is 886. The molecule has 1 unspecified atom stereocenters. The van der Waals surface area contributed by atoms with E-state index in [4.69, 9.17) is 11.6 Å². The molecule has 2 aromatic heterocycles. The van der Waals surface area contributed by atoms with Gasteiger partial charge in [0.15, 0.2) is 5.82 Å². The van der Waals surface area contributed by atoms with Crippen molar-refractivity contribution < 1.29 is 0 Å². The van der Waals surface area contributed by atoms with Crippen LogP contribution in [-0.2, 0) is 0 Å². The number of alkyl halides is 1. The Morgan fingerprint density at radius 2 is 2.22 bits per heavy atom. The Labute approximate surface area is 172 Å². The van der Waals surface area contributed by atoms with Crippen LogP contribution in [0.3, 0.4) is 0 Å². The number of H-pyrrole nitrogens is 1. The molecule has 0 aliphatic heterocycles. The molecule has 1 saturated carbocycles. The first kappa shape index (κ1) is 18.5. The number of halogens is 2. The minimum absolute atomic E-state index is 0.119. The van der Waals surface area contributed by atoms with Crippen LogP contribution in [0.25, 0.3) is 0 Å². The second-order valence-corrected chi connectivity index (χ2v) is 8.47. The molecule has 142 valence electrons. The van der Waals surface area contributed by atoms with Crippen LogP contribution < -0.4 is 10.6 Å². The van der Waals surface area contributed by atoms with Gasteiger partial charge >= 0.3 is 0 Å². The summed E-state index contributed by atoms with van der Waals surface area (Å²) >= 11 is 9.65. The minimum Gasteiger partial charge on any atom is -0.354 e. The third-order valence-corrected chi connectivity index (χ3v) is 5.70. The smallest absolute Gasteiger partial charge is 0.224 e. The van der Waals surface area contributed by atoms with E-state index in [0.717, 1.165) is 35.4 Å². The van der Waals surface area contributed by atoms with E-state index in [2.05, 4.69) is 65.8 Å². The van der Waals surface area contributed by atoms with Crippen LogP contribution in [0.1, 0.15) is 44.2 Å². The number of nitrogens with one attached hydrogen (secondary N) is 3. The molecule has 0 saturated heterocycles. The Hall–Kier alpha value is -1.86. The first-order valence-electron chi connectivity index (χ1n) is 9.18. The predicted molar refractivity (Wildman–Crippen MR) is 113 cm³/mol. The number of aromatic nitrogens is 4. The first-order valence-corrected chi connectivity index (χ1v) is 10.4. The van der Waals surface area contributed by atoms with Gasteiger partial charge in [0, 0.05) is 24.7 Å². The molecule has 1 atom stereocenters. The molecule has 2 aromatic rings. The average molecular weight is 450 g/mol. The zero-order chi connectivity index (χ0) is 18.8. The van der Waals surface area contributed by atoms with Gasteiger partial charge < -0.3 is 10.6 Å². The Balaban J connectivity index is 1.36. The molecule has 0 bridgehead atoms. The lowest BCUT2D eigenvalue weighted by Gasteiger charge is -2.16. The predicted octanol–water partition coefficient (Wildman–Crippen LogP) is 5.27. The number of nitrogens with zero attached hydrogens (tertiary/aromatic N) is 3. The van der Waals surface area contributed by atoms with Gasteiger partial charge in [-0.2, -0.15) is 10.1 Å². The van der Waals surface area contributed by atoms with Gasteiger partial charge in [-0.05, 0) is 54.1 Å². The summed E-state index contributed by atoms with van der Waals surface area (Å²) in [5.41, 5.74) is 3.80. The Morgan fingerprint density at radius 1 is 1.37 bits per heavy atom. The number of aromatic amines is 1. The summed E-state index contributed by atoms with van der Waals surface area (Å²) in [7, 11) is 0. The van der Waals surface area contributed by atoms with Gasteiger partial charge in [-0.25, -0.2) is 4.98 Å².